The topological polar surface area (TPSA) is 66.8 Å². The smallest absolute Gasteiger partial charge is 0.311 e. The number of rotatable bonds is 3. The largest absolute Gasteiger partial charge is 0.481 e. The first-order valence-corrected chi connectivity index (χ1v) is 9.28. The number of nitrogens with zero attached hydrogens (tertiary/aromatic N) is 1. The van der Waals surface area contributed by atoms with Crippen LogP contribution in [0.15, 0.2) is 12.1 Å². The molecule has 0 aliphatic carbocycles. The summed E-state index contributed by atoms with van der Waals surface area (Å²) in [5.41, 5.74) is 0.602. The predicted molar refractivity (Wildman–Crippen MR) is 102 cm³/mol. The fourth-order valence-corrected chi connectivity index (χ4v) is 4.60. The van der Waals surface area contributed by atoms with E-state index in [4.69, 9.17) is 4.74 Å². The first-order valence-electron chi connectivity index (χ1n) is 6.05. The van der Waals surface area contributed by atoms with Crippen LogP contribution in [0.25, 0.3) is 0 Å². The SMILES string of the molecule is CN(C(=O)c1cc(I)cc(I)c1I)C1COCC1C(=O)O. The molecule has 0 bridgehead atoms. The first-order chi connectivity index (χ1) is 9.82. The predicted octanol–water partition coefficient (Wildman–Crippen LogP) is 2.67. The summed E-state index contributed by atoms with van der Waals surface area (Å²) in [5, 5.41) is 9.21. The number of carbonyl (C=O) groups is 2. The summed E-state index contributed by atoms with van der Waals surface area (Å²) >= 11 is 6.51. The lowest BCUT2D eigenvalue weighted by Gasteiger charge is -2.27. The van der Waals surface area contributed by atoms with Crippen molar-refractivity contribution < 1.29 is 19.4 Å². The standard InChI is InChI=1S/C13H12I3NO4/c1-17(10-5-21-4-8(10)13(19)20)12(18)7-2-6(14)3-9(15)11(7)16/h2-3,8,10H,4-5H2,1H3,(H,19,20). The number of hydrogen-bond acceptors (Lipinski definition) is 3. The minimum absolute atomic E-state index is 0.151. The van der Waals surface area contributed by atoms with Crippen molar-refractivity contribution >= 4 is 79.6 Å². The summed E-state index contributed by atoms with van der Waals surface area (Å²) in [4.78, 5) is 25.4. The average Bonchev–Trinajstić information content (AvgIpc) is 2.90. The van der Waals surface area contributed by atoms with Crippen molar-refractivity contribution in [2.45, 2.75) is 6.04 Å². The van der Waals surface area contributed by atoms with Gasteiger partial charge in [0.25, 0.3) is 5.91 Å². The van der Waals surface area contributed by atoms with Gasteiger partial charge >= 0.3 is 5.97 Å². The van der Waals surface area contributed by atoms with Gasteiger partial charge in [-0.05, 0) is 79.9 Å². The second-order valence-corrected chi connectivity index (χ2v) is 8.20. The van der Waals surface area contributed by atoms with Crippen molar-refractivity contribution in [2.24, 2.45) is 5.92 Å². The third-order valence-corrected chi connectivity index (χ3v) is 7.08. The highest BCUT2D eigenvalue weighted by Crippen LogP contribution is 2.26. The third-order valence-electron chi connectivity index (χ3n) is 3.41. The lowest BCUT2D eigenvalue weighted by molar-refractivity contribution is -0.142. The molecule has 1 heterocycles. The van der Waals surface area contributed by atoms with Crippen molar-refractivity contribution in [3.63, 3.8) is 0 Å². The highest BCUT2D eigenvalue weighted by Gasteiger charge is 2.39. The number of amides is 1. The Hall–Kier alpha value is 0.310. The highest BCUT2D eigenvalue weighted by atomic mass is 127. The Balaban J connectivity index is 2.30. The number of aliphatic carboxylic acids is 1. The normalized spacial score (nSPS) is 21.3. The van der Waals surface area contributed by atoms with Crippen LogP contribution in [0.2, 0.25) is 0 Å². The van der Waals surface area contributed by atoms with Crippen molar-refractivity contribution in [2.75, 3.05) is 20.3 Å². The first kappa shape index (κ1) is 17.7. The maximum Gasteiger partial charge on any atom is 0.311 e. The van der Waals surface area contributed by atoms with Gasteiger partial charge in [-0.15, -0.1) is 0 Å². The van der Waals surface area contributed by atoms with Gasteiger partial charge in [-0.3, -0.25) is 9.59 Å². The van der Waals surface area contributed by atoms with Crippen molar-refractivity contribution in [3.8, 4) is 0 Å². The summed E-state index contributed by atoms with van der Waals surface area (Å²) in [5.74, 6) is -1.76. The van der Waals surface area contributed by atoms with Crippen molar-refractivity contribution in [1.29, 1.82) is 0 Å². The van der Waals surface area contributed by atoms with Crippen LogP contribution >= 0.6 is 67.8 Å². The molecule has 114 valence electrons. The molecule has 2 rings (SSSR count). The molecule has 8 heteroatoms. The zero-order valence-electron chi connectivity index (χ0n) is 11.0. The fraction of sp³-hybridized carbons (Fsp3) is 0.385. The third kappa shape index (κ3) is 3.80. The molecule has 1 aliphatic heterocycles. The second-order valence-electron chi connectivity index (χ2n) is 4.71. The zero-order valence-corrected chi connectivity index (χ0v) is 17.4. The van der Waals surface area contributed by atoms with Crippen molar-refractivity contribution in [3.05, 3.63) is 28.4 Å². The minimum Gasteiger partial charge on any atom is -0.481 e. The lowest BCUT2D eigenvalue weighted by atomic mass is 10.0. The molecule has 21 heavy (non-hydrogen) atoms. The van der Waals surface area contributed by atoms with Crippen LogP contribution in [0.5, 0.6) is 0 Å². The van der Waals surface area contributed by atoms with Crippen LogP contribution in [0.4, 0.5) is 0 Å². The van der Waals surface area contributed by atoms with Gasteiger partial charge in [-0.1, -0.05) is 0 Å². The van der Waals surface area contributed by atoms with Gasteiger partial charge in [0.2, 0.25) is 0 Å². The van der Waals surface area contributed by atoms with E-state index in [1.165, 1.54) is 4.90 Å². The van der Waals surface area contributed by atoms with Crippen LogP contribution in [-0.4, -0.2) is 48.2 Å². The van der Waals surface area contributed by atoms with Crippen molar-refractivity contribution in [1.82, 2.24) is 4.90 Å². The van der Waals surface area contributed by atoms with E-state index in [0.717, 1.165) is 10.7 Å². The number of benzene rings is 1. The quantitative estimate of drug-likeness (QED) is 0.414. The van der Waals surface area contributed by atoms with E-state index in [0.29, 0.717) is 5.56 Å². The molecule has 1 fully saturated rings. The van der Waals surface area contributed by atoms with Crippen LogP contribution < -0.4 is 0 Å². The minimum atomic E-state index is -0.927. The molecule has 1 N–H and O–H groups in total. The fourth-order valence-electron chi connectivity index (χ4n) is 2.21. The van der Waals surface area contributed by atoms with Crippen LogP contribution in [-0.2, 0) is 9.53 Å². The van der Waals surface area contributed by atoms with E-state index in [1.807, 2.05) is 12.1 Å². The molecule has 1 saturated heterocycles. The van der Waals surface area contributed by atoms with E-state index in [9.17, 15) is 14.7 Å². The van der Waals surface area contributed by atoms with Crippen LogP contribution in [0, 0.1) is 16.6 Å². The van der Waals surface area contributed by atoms with E-state index in [-0.39, 0.29) is 19.1 Å². The Labute approximate surface area is 163 Å². The molecule has 1 amide bonds. The summed E-state index contributed by atoms with van der Waals surface area (Å²) in [6.07, 6.45) is 0. The molecule has 5 nitrogen and oxygen atoms in total. The maximum atomic E-state index is 12.7. The Bertz CT molecular complexity index is 593. The molecular weight excluding hydrogens is 615 g/mol. The Kier molecular flexibility index (Phi) is 6.10. The maximum absolute atomic E-state index is 12.7. The highest BCUT2D eigenvalue weighted by molar-refractivity contribution is 14.1. The number of carboxylic acids is 1. The van der Waals surface area contributed by atoms with Gasteiger partial charge in [-0.25, -0.2) is 0 Å². The van der Waals surface area contributed by atoms with Crippen LogP contribution in [0.1, 0.15) is 10.4 Å². The summed E-state index contributed by atoms with van der Waals surface area (Å²) in [6.45, 7) is 0.412. The summed E-state index contributed by atoms with van der Waals surface area (Å²) in [7, 11) is 1.64. The molecule has 0 saturated carbocycles. The van der Waals surface area contributed by atoms with E-state index < -0.39 is 17.9 Å². The summed E-state index contributed by atoms with van der Waals surface area (Å²) < 4.78 is 8.11. The van der Waals surface area contributed by atoms with E-state index in [1.54, 1.807) is 7.05 Å². The molecule has 0 spiro atoms. The summed E-state index contributed by atoms with van der Waals surface area (Å²) in [6, 6.07) is 3.40. The number of halogens is 3. The molecule has 2 unspecified atom stereocenters. The molecule has 1 aromatic rings. The van der Waals surface area contributed by atoms with Gasteiger partial charge in [0.15, 0.2) is 0 Å². The Morgan fingerprint density at radius 2 is 1.95 bits per heavy atom. The van der Waals surface area contributed by atoms with E-state index in [2.05, 4.69) is 67.8 Å². The number of hydrogen-bond donors (Lipinski definition) is 1. The molecule has 0 aromatic heterocycles. The van der Waals surface area contributed by atoms with E-state index >= 15 is 0 Å². The second kappa shape index (κ2) is 7.25. The zero-order chi connectivity index (χ0) is 15.7. The Morgan fingerprint density at radius 3 is 2.57 bits per heavy atom. The number of ether oxygens (including phenoxy) is 1. The monoisotopic (exact) mass is 627 g/mol. The number of likely N-dealkylation sites (N-methyl/N-ethyl adjacent to an activating group) is 1. The van der Waals surface area contributed by atoms with Crippen LogP contribution in [0.3, 0.4) is 0 Å². The molecule has 1 aromatic carbocycles. The molecular formula is C13H12I3NO4. The number of carbonyl (C=O) groups excluding carboxylic acids is 1. The lowest BCUT2D eigenvalue weighted by Crippen LogP contribution is -2.44. The molecule has 0 radical (unpaired) electrons. The van der Waals surface area contributed by atoms with Gasteiger partial charge in [0.1, 0.15) is 5.92 Å². The van der Waals surface area contributed by atoms with Gasteiger partial charge in [0, 0.05) is 17.8 Å². The number of carboxylic acid groups (broad SMARTS) is 1. The molecule has 2 atom stereocenters. The van der Waals surface area contributed by atoms with Gasteiger partial charge < -0.3 is 14.7 Å². The molecule has 1 aliphatic rings. The average molecular weight is 627 g/mol. The van der Waals surface area contributed by atoms with Gasteiger partial charge in [-0.2, -0.15) is 0 Å². The van der Waals surface area contributed by atoms with Gasteiger partial charge in [0.05, 0.1) is 24.8 Å². The Morgan fingerprint density at radius 1 is 1.29 bits per heavy atom.